The molecule has 1 aromatic rings. The molecule has 0 aromatic carbocycles. The summed E-state index contributed by atoms with van der Waals surface area (Å²) < 4.78 is 0. The van der Waals surface area contributed by atoms with Gasteiger partial charge in [-0.05, 0) is 33.1 Å². The van der Waals surface area contributed by atoms with Crippen LogP contribution in [0.25, 0.3) is 0 Å². The standard InChI is InChI=1S/C16H23N5O3/c1-3-17-14(23)10-8-11(22)18-13-12(10)15(24)20-16(19-13)21-7-5-4-6-9(21)2/h9-10H,3-8H2,1-2H3,(H,17,23)(H2,18,19,20,22,24)/t9-,10-/m0/s1. The number of aromatic nitrogens is 2. The van der Waals surface area contributed by atoms with Gasteiger partial charge in [-0.3, -0.25) is 19.4 Å². The molecule has 2 amide bonds. The highest BCUT2D eigenvalue weighted by atomic mass is 16.2. The third-order valence-corrected chi connectivity index (χ3v) is 4.68. The van der Waals surface area contributed by atoms with Crippen molar-refractivity contribution in [3.05, 3.63) is 15.9 Å². The van der Waals surface area contributed by atoms with E-state index in [-0.39, 0.29) is 41.2 Å². The van der Waals surface area contributed by atoms with E-state index in [0.29, 0.717) is 12.5 Å². The Hall–Kier alpha value is -2.38. The molecular formula is C16H23N5O3. The van der Waals surface area contributed by atoms with Crippen molar-refractivity contribution in [1.29, 1.82) is 0 Å². The topological polar surface area (TPSA) is 107 Å². The number of carbonyl (C=O) groups is 2. The highest BCUT2D eigenvalue weighted by molar-refractivity contribution is 6.00. The first-order chi connectivity index (χ1) is 11.5. The van der Waals surface area contributed by atoms with E-state index in [1.54, 1.807) is 6.92 Å². The second-order valence-corrected chi connectivity index (χ2v) is 6.39. The molecule has 1 fully saturated rings. The van der Waals surface area contributed by atoms with Crippen molar-refractivity contribution in [1.82, 2.24) is 15.3 Å². The lowest BCUT2D eigenvalue weighted by molar-refractivity contribution is -0.126. The number of amides is 2. The van der Waals surface area contributed by atoms with Crippen molar-refractivity contribution in [2.75, 3.05) is 23.3 Å². The number of piperidine rings is 1. The lowest BCUT2D eigenvalue weighted by Gasteiger charge is -2.34. The summed E-state index contributed by atoms with van der Waals surface area (Å²) in [5.74, 6) is -0.742. The number of anilines is 2. The van der Waals surface area contributed by atoms with Crippen LogP contribution in [0.15, 0.2) is 4.79 Å². The first-order valence-corrected chi connectivity index (χ1v) is 8.49. The van der Waals surface area contributed by atoms with Gasteiger partial charge in [0.05, 0.1) is 11.5 Å². The minimum atomic E-state index is -0.794. The summed E-state index contributed by atoms with van der Waals surface area (Å²) >= 11 is 0. The Morgan fingerprint density at radius 3 is 2.88 bits per heavy atom. The second kappa shape index (κ2) is 6.62. The molecule has 0 aliphatic carbocycles. The molecule has 1 saturated heterocycles. The summed E-state index contributed by atoms with van der Waals surface area (Å²) in [6.07, 6.45) is 3.19. The molecule has 2 aliphatic rings. The molecule has 0 radical (unpaired) electrons. The molecule has 24 heavy (non-hydrogen) atoms. The quantitative estimate of drug-likeness (QED) is 0.755. The number of nitrogens with zero attached hydrogens (tertiary/aromatic N) is 2. The zero-order valence-electron chi connectivity index (χ0n) is 14.0. The molecule has 3 rings (SSSR count). The number of hydrogen-bond acceptors (Lipinski definition) is 5. The third-order valence-electron chi connectivity index (χ3n) is 4.68. The Balaban J connectivity index is 2.01. The van der Waals surface area contributed by atoms with Crippen LogP contribution < -0.4 is 21.1 Å². The van der Waals surface area contributed by atoms with Crippen LogP contribution in [-0.4, -0.2) is 40.9 Å². The van der Waals surface area contributed by atoms with Gasteiger partial charge in [0.15, 0.2) is 0 Å². The van der Waals surface area contributed by atoms with E-state index < -0.39 is 5.92 Å². The van der Waals surface area contributed by atoms with Crippen molar-refractivity contribution >= 4 is 23.6 Å². The van der Waals surface area contributed by atoms with Crippen molar-refractivity contribution in [2.24, 2.45) is 0 Å². The van der Waals surface area contributed by atoms with Crippen molar-refractivity contribution < 1.29 is 9.59 Å². The van der Waals surface area contributed by atoms with Crippen LogP contribution in [0.2, 0.25) is 0 Å². The number of rotatable bonds is 3. The molecule has 2 atom stereocenters. The molecule has 8 nitrogen and oxygen atoms in total. The predicted molar refractivity (Wildman–Crippen MR) is 90.2 cm³/mol. The lowest BCUT2D eigenvalue weighted by Crippen LogP contribution is -2.42. The van der Waals surface area contributed by atoms with Gasteiger partial charge >= 0.3 is 0 Å². The fraction of sp³-hybridized carbons (Fsp3) is 0.625. The molecule has 2 aliphatic heterocycles. The summed E-state index contributed by atoms with van der Waals surface area (Å²) in [5, 5.41) is 5.32. The average molecular weight is 333 g/mol. The molecule has 3 heterocycles. The van der Waals surface area contributed by atoms with E-state index in [0.717, 1.165) is 25.8 Å². The number of fused-ring (bicyclic) bond motifs is 1. The Morgan fingerprint density at radius 2 is 2.17 bits per heavy atom. The van der Waals surface area contributed by atoms with Gasteiger partial charge in [0.1, 0.15) is 5.82 Å². The van der Waals surface area contributed by atoms with Crippen LogP contribution in [0.1, 0.15) is 51.0 Å². The molecule has 8 heteroatoms. The van der Waals surface area contributed by atoms with Crippen LogP contribution in [0, 0.1) is 0 Å². The Bertz CT molecular complexity index is 714. The summed E-state index contributed by atoms with van der Waals surface area (Å²) in [6, 6.07) is 0.276. The van der Waals surface area contributed by atoms with Crippen LogP contribution >= 0.6 is 0 Å². The first kappa shape index (κ1) is 16.5. The number of carbonyl (C=O) groups excluding carboxylic acids is 2. The van der Waals surface area contributed by atoms with Crippen LogP contribution in [0.4, 0.5) is 11.8 Å². The van der Waals surface area contributed by atoms with Gasteiger partial charge < -0.3 is 15.5 Å². The zero-order valence-corrected chi connectivity index (χ0v) is 14.0. The fourth-order valence-corrected chi connectivity index (χ4v) is 3.43. The van der Waals surface area contributed by atoms with Gasteiger partial charge in [0.25, 0.3) is 5.56 Å². The Kier molecular flexibility index (Phi) is 4.55. The number of aromatic amines is 1. The van der Waals surface area contributed by atoms with Crippen molar-refractivity contribution in [2.45, 2.75) is 51.5 Å². The lowest BCUT2D eigenvalue weighted by atomic mass is 9.92. The van der Waals surface area contributed by atoms with Gasteiger partial charge in [-0.1, -0.05) is 0 Å². The maximum absolute atomic E-state index is 12.6. The number of nitrogens with one attached hydrogen (secondary N) is 3. The van der Waals surface area contributed by atoms with E-state index in [9.17, 15) is 14.4 Å². The monoisotopic (exact) mass is 333 g/mol. The van der Waals surface area contributed by atoms with E-state index >= 15 is 0 Å². The SMILES string of the molecule is CCNC(=O)[C@H]1CC(=O)Nc2nc(N3CCCC[C@@H]3C)[nH]c(=O)c21. The average Bonchev–Trinajstić information content (AvgIpc) is 2.54. The molecular weight excluding hydrogens is 310 g/mol. The molecule has 130 valence electrons. The number of H-pyrrole nitrogens is 1. The van der Waals surface area contributed by atoms with Crippen LogP contribution in [-0.2, 0) is 9.59 Å². The Labute approximate surface area is 140 Å². The molecule has 0 unspecified atom stereocenters. The molecule has 0 bridgehead atoms. The van der Waals surface area contributed by atoms with Gasteiger partial charge in [-0.2, -0.15) is 4.98 Å². The smallest absolute Gasteiger partial charge is 0.258 e. The van der Waals surface area contributed by atoms with Crippen LogP contribution in [0.5, 0.6) is 0 Å². The van der Waals surface area contributed by atoms with E-state index in [4.69, 9.17) is 0 Å². The minimum absolute atomic E-state index is 0.0386. The largest absolute Gasteiger partial charge is 0.356 e. The summed E-state index contributed by atoms with van der Waals surface area (Å²) in [6.45, 7) is 5.15. The van der Waals surface area contributed by atoms with Gasteiger partial charge in [-0.15, -0.1) is 0 Å². The number of hydrogen-bond donors (Lipinski definition) is 3. The first-order valence-electron chi connectivity index (χ1n) is 8.49. The van der Waals surface area contributed by atoms with Gasteiger partial charge in [-0.25, -0.2) is 0 Å². The fourth-order valence-electron chi connectivity index (χ4n) is 3.43. The van der Waals surface area contributed by atoms with Crippen molar-refractivity contribution in [3.8, 4) is 0 Å². The highest BCUT2D eigenvalue weighted by Crippen LogP contribution is 2.30. The molecule has 3 N–H and O–H groups in total. The highest BCUT2D eigenvalue weighted by Gasteiger charge is 2.35. The molecule has 0 spiro atoms. The summed E-state index contributed by atoms with van der Waals surface area (Å²) in [7, 11) is 0. The second-order valence-electron chi connectivity index (χ2n) is 6.39. The van der Waals surface area contributed by atoms with E-state index in [2.05, 4.69) is 27.5 Å². The maximum atomic E-state index is 12.6. The summed E-state index contributed by atoms with van der Waals surface area (Å²) in [5.41, 5.74) is -0.113. The molecule has 0 saturated carbocycles. The van der Waals surface area contributed by atoms with Gasteiger partial charge in [0, 0.05) is 25.6 Å². The minimum Gasteiger partial charge on any atom is -0.356 e. The predicted octanol–water partition coefficient (Wildman–Crippen LogP) is 0.711. The maximum Gasteiger partial charge on any atom is 0.258 e. The normalized spacial score (nSPS) is 23.4. The molecule has 1 aromatic heterocycles. The van der Waals surface area contributed by atoms with Gasteiger partial charge in [0.2, 0.25) is 17.8 Å². The van der Waals surface area contributed by atoms with E-state index in [1.807, 2.05) is 4.90 Å². The van der Waals surface area contributed by atoms with E-state index in [1.165, 1.54) is 0 Å². The van der Waals surface area contributed by atoms with Crippen molar-refractivity contribution in [3.63, 3.8) is 0 Å². The third kappa shape index (κ3) is 3.00. The zero-order chi connectivity index (χ0) is 17.3. The van der Waals surface area contributed by atoms with Crippen LogP contribution in [0.3, 0.4) is 0 Å². The Morgan fingerprint density at radius 1 is 1.38 bits per heavy atom. The summed E-state index contributed by atoms with van der Waals surface area (Å²) in [4.78, 5) is 46.1. The number of likely N-dealkylation sites (N-methyl/N-ethyl adjacent to an activating group) is 1.